The molecule has 5 heteroatoms. The third kappa shape index (κ3) is 6.15. The molecular weight excluding hydrogens is 260 g/mol. The number of ether oxygens (including phenoxy) is 1. The van der Waals surface area contributed by atoms with Crippen LogP contribution in [0.2, 0.25) is 0 Å². The van der Waals surface area contributed by atoms with Gasteiger partial charge in [0.1, 0.15) is 0 Å². The van der Waals surface area contributed by atoms with E-state index in [0.29, 0.717) is 0 Å². The number of hydrogen-bond donors (Lipinski definition) is 1. The molecule has 19 heavy (non-hydrogen) atoms. The summed E-state index contributed by atoms with van der Waals surface area (Å²) >= 11 is 4.25. The van der Waals surface area contributed by atoms with E-state index in [2.05, 4.69) is 17.5 Å². The molecule has 1 atom stereocenters. The fourth-order valence-electron chi connectivity index (χ4n) is 2.34. The van der Waals surface area contributed by atoms with Crippen molar-refractivity contribution in [3.8, 4) is 0 Å². The van der Waals surface area contributed by atoms with Crippen molar-refractivity contribution in [2.24, 2.45) is 5.92 Å². The lowest BCUT2D eigenvalue weighted by Gasteiger charge is -2.33. The Hall–Kier alpha value is -0.260. The lowest BCUT2D eigenvalue weighted by Crippen LogP contribution is -2.44. The third-order valence-electron chi connectivity index (χ3n) is 3.51. The van der Waals surface area contributed by atoms with Crippen molar-refractivity contribution in [2.45, 2.75) is 32.8 Å². The topological polar surface area (TPSA) is 32.8 Å². The van der Waals surface area contributed by atoms with Gasteiger partial charge in [-0.1, -0.05) is 13.8 Å². The van der Waals surface area contributed by atoms with Crippen molar-refractivity contribution in [2.75, 3.05) is 45.6 Å². The SMILES string of the molecule is CC(C)C(=O)N(C)CCC1CN(CCCS)CCO1. The minimum absolute atomic E-state index is 0.0733. The molecule has 0 aromatic rings. The number of carbonyl (C=O) groups is 1. The summed E-state index contributed by atoms with van der Waals surface area (Å²) in [6, 6.07) is 0. The Balaban J connectivity index is 2.26. The Labute approximate surface area is 122 Å². The highest BCUT2D eigenvalue weighted by Gasteiger charge is 2.21. The van der Waals surface area contributed by atoms with Gasteiger partial charge in [-0.2, -0.15) is 12.6 Å². The number of carbonyl (C=O) groups excluding carboxylic acids is 1. The molecule has 0 aromatic carbocycles. The number of hydrogen-bond acceptors (Lipinski definition) is 4. The van der Waals surface area contributed by atoms with Crippen LogP contribution in [0.1, 0.15) is 26.7 Å². The first-order valence-corrected chi connectivity index (χ1v) is 7.87. The van der Waals surface area contributed by atoms with Crippen molar-refractivity contribution in [3.05, 3.63) is 0 Å². The van der Waals surface area contributed by atoms with Crippen molar-refractivity contribution in [3.63, 3.8) is 0 Å². The van der Waals surface area contributed by atoms with Gasteiger partial charge in [0.25, 0.3) is 0 Å². The highest BCUT2D eigenvalue weighted by Crippen LogP contribution is 2.10. The molecule has 0 radical (unpaired) electrons. The normalized spacial score (nSPS) is 20.8. The summed E-state index contributed by atoms with van der Waals surface area (Å²) in [5.74, 6) is 1.22. The lowest BCUT2D eigenvalue weighted by atomic mass is 10.1. The average molecular weight is 288 g/mol. The van der Waals surface area contributed by atoms with Crippen LogP contribution in [0, 0.1) is 5.92 Å². The molecular formula is C14H28N2O2S. The summed E-state index contributed by atoms with van der Waals surface area (Å²) in [6.07, 6.45) is 2.31. The van der Waals surface area contributed by atoms with Gasteiger partial charge >= 0.3 is 0 Å². The van der Waals surface area contributed by atoms with Gasteiger partial charge in [-0.25, -0.2) is 0 Å². The van der Waals surface area contributed by atoms with Crippen LogP contribution in [-0.2, 0) is 9.53 Å². The van der Waals surface area contributed by atoms with Crippen LogP contribution >= 0.6 is 12.6 Å². The minimum atomic E-state index is 0.0733. The van der Waals surface area contributed by atoms with E-state index in [9.17, 15) is 4.79 Å². The first-order chi connectivity index (χ1) is 9.04. The molecule has 0 N–H and O–H groups in total. The zero-order chi connectivity index (χ0) is 14.3. The first-order valence-electron chi connectivity index (χ1n) is 7.24. The van der Waals surface area contributed by atoms with Gasteiger partial charge in [0, 0.05) is 32.6 Å². The summed E-state index contributed by atoms with van der Waals surface area (Å²) in [7, 11) is 1.88. The summed E-state index contributed by atoms with van der Waals surface area (Å²) in [4.78, 5) is 16.0. The van der Waals surface area contributed by atoms with E-state index < -0.39 is 0 Å². The van der Waals surface area contributed by atoms with Gasteiger partial charge in [0.05, 0.1) is 12.7 Å². The molecule has 4 nitrogen and oxygen atoms in total. The predicted molar refractivity (Wildman–Crippen MR) is 81.7 cm³/mol. The maximum absolute atomic E-state index is 11.8. The number of rotatable bonds is 7. The van der Waals surface area contributed by atoms with E-state index in [1.807, 2.05) is 25.8 Å². The fraction of sp³-hybridized carbons (Fsp3) is 0.929. The molecule has 1 heterocycles. The van der Waals surface area contributed by atoms with E-state index in [1.54, 1.807) is 0 Å². The van der Waals surface area contributed by atoms with Gasteiger partial charge < -0.3 is 9.64 Å². The number of nitrogens with zero attached hydrogens (tertiary/aromatic N) is 2. The Morgan fingerprint density at radius 3 is 2.89 bits per heavy atom. The van der Waals surface area contributed by atoms with Crippen LogP contribution in [0.4, 0.5) is 0 Å². The number of thiol groups is 1. The van der Waals surface area contributed by atoms with Crippen molar-refractivity contribution in [1.82, 2.24) is 9.80 Å². The Kier molecular flexibility index (Phi) is 7.80. The molecule has 1 saturated heterocycles. The minimum Gasteiger partial charge on any atom is -0.375 e. The van der Waals surface area contributed by atoms with Gasteiger partial charge in [0.2, 0.25) is 5.91 Å². The summed E-state index contributed by atoms with van der Waals surface area (Å²) < 4.78 is 5.78. The van der Waals surface area contributed by atoms with Crippen LogP contribution in [-0.4, -0.2) is 67.4 Å². The molecule has 1 unspecified atom stereocenters. The molecule has 0 bridgehead atoms. The smallest absolute Gasteiger partial charge is 0.224 e. The lowest BCUT2D eigenvalue weighted by molar-refractivity contribution is -0.133. The summed E-state index contributed by atoms with van der Waals surface area (Å²) in [5.41, 5.74) is 0. The molecule has 1 rings (SSSR count). The highest BCUT2D eigenvalue weighted by atomic mass is 32.1. The zero-order valence-electron chi connectivity index (χ0n) is 12.5. The highest BCUT2D eigenvalue weighted by molar-refractivity contribution is 7.80. The average Bonchev–Trinajstić information content (AvgIpc) is 2.42. The summed E-state index contributed by atoms with van der Waals surface area (Å²) in [6.45, 7) is 8.57. The number of morpholine rings is 1. The van der Waals surface area contributed by atoms with E-state index in [1.165, 1.54) is 0 Å². The van der Waals surface area contributed by atoms with Crippen LogP contribution < -0.4 is 0 Å². The fourth-order valence-corrected chi connectivity index (χ4v) is 2.48. The van der Waals surface area contributed by atoms with Crippen molar-refractivity contribution >= 4 is 18.5 Å². The Bertz CT molecular complexity index is 274. The molecule has 1 aliphatic rings. The molecule has 112 valence electrons. The van der Waals surface area contributed by atoms with Gasteiger partial charge in [-0.15, -0.1) is 0 Å². The van der Waals surface area contributed by atoms with Crippen molar-refractivity contribution < 1.29 is 9.53 Å². The van der Waals surface area contributed by atoms with Crippen LogP contribution in [0.15, 0.2) is 0 Å². The maximum Gasteiger partial charge on any atom is 0.224 e. The second-order valence-electron chi connectivity index (χ2n) is 5.57. The summed E-state index contributed by atoms with van der Waals surface area (Å²) in [5, 5.41) is 0. The molecule has 0 aliphatic carbocycles. The van der Waals surface area contributed by atoms with Crippen molar-refractivity contribution in [1.29, 1.82) is 0 Å². The van der Waals surface area contributed by atoms with Gasteiger partial charge in [-0.3, -0.25) is 9.69 Å². The van der Waals surface area contributed by atoms with E-state index >= 15 is 0 Å². The third-order valence-corrected chi connectivity index (χ3v) is 3.83. The number of amides is 1. The molecule has 1 fully saturated rings. The maximum atomic E-state index is 11.8. The predicted octanol–water partition coefficient (Wildman–Crippen LogP) is 1.51. The van der Waals surface area contributed by atoms with E-state index in [-0.39, 0.29) is 17.9 Å². The van der Waals surface area contributed by atoms with E-state index in [4.69, 9.17) is 4.74 Å². The van der Waals surface area contributed by atoms with Crippen LogP contribution in [0.25, 0.3) is 0 Å². The molecule has 1 aliphatic heterocycles. The second-order valence-corrected chi connectivity index (χ2v) is 6.02. The van der Waals surface area contributed by atoms with Gasteiger partial charge in [-0.05, 0) is 25.1 Å². The quantitative estimate of drug-likeness (QED) is 0.721. The molecule has 0 spiro atoms. The van der Waals surface area contributed by atoms with Crippen LogP contribution in [0.3, 0.4) is 0 Å². The molecule has 0 aromatic heterocycles. The monoisotopic (exact) mass is 288 g/mol. The second kappa shape index (κ2) is 8.82. The van der Waals surface area contributed by atoms with E-state index in [0.717, 1.165) is 51.4 Å². The van der Waals surface area contributed by atoms with Crippen LogP contribution in [0.5, 0.6) is 0 Å². The Morgan fingerprint density at radius 1 is 1.53 bits per heavy atom. The molecule has 1 amide bonds. The van der Waals surface area contributed by atoms with Gasteiger partial charge in [0.15, 0.2) is 0 Å². The zero-order valence-corrected chi connectivity index (χ0v) is 13.4. The standard InChI is InChI=1S/C14H28N2O2S/c1-12(2)14(17)15(3)7-5-13-11-16(6-4-10-19)8-9-18-13/h12-13,19H,4-11H2,1-3H3. The largest absolute Gasteiger partial charge is 0.375 e. The Morgan fingerprint density at radius 2 is 2.26 bits per heavy atom. The molecule has 0 saturated carbocycles. The first kappa shape index (κ1) is 16.8.